The van der Waals surface area contributed by atoms with E-state index in [1.54, 1.807) is 0 Å². The molecule has 80 heavy (non-hydrogen) atoms. The number of hydrogen-bond donors (Lipinski definition) is 0. The van der Waals surface area contributed by atoms with Crippen molar-refractivity contribution < 1.29 is 110 Å². The minimum Gasteiger partial charge on any atom is -0.194 e. The lowest BCUT2D eigenvalue weighted by molar-refractivity contribution is -0.677. The molecule has 7 aromatic carbocycles. The summed E-state index contributed by atoms with van der Waals surface area (Å²) in [5.41, 5.74) is -26.4. The molecular weight excluding hydrogens is 1130 g/mol. The average molecular weight is 1160 g/mol. The van der Waals surface area contributed by atoms with Crippen LogP contribution >= 0.6 is 0 Å². The van der Waals surface area contributed by atoms with Crippen LogP contribution in [0, 0.1) is 0 Å². The smallest absolute Gasteiger partial charge is 0.194 e. The van der Waals surface area contributed by atoms with Gasteiger partial charge in [-0.25, -0.2) is 0 Å². The molecule has 0 radical (unpaired) electrons. The van der Waals surface area contributed by atoms with E-state index in [-0.39, 0.29) is 0 Å². The van der Waals surface area contributed by atoms with Gasteiger partial charge >= 0.3 is 49.4 Å². The van der Waals surface area contributed by atoms with Gasteiger partial charge in [0, 0.05) is 23.3 Å². The molecule has 1 aromatic heterocycles. The van der Waals surface area contributed by atoms with Crippen LogP contribution in [0.5, 0.6) is 0 Å². The summed E-state index contributed by atoms with van der Waals surface area (Å²) in [6, 6.07) is 23.3. The monoisotopic (exact) mass is 1160 g/mol. The summed E-state index contributed by atoms with van der Waals surface area (Å²) < 4.78 is 343. The number of alkyl halides is 24. The second kappa shape index (κ2) is 21.1. The van der Waals surface area contributed by atoms with Crippen molar-refractivity contribution in [3.63, 3.8) is 0 Å². The van der Waals surface area contributed by atoms with Gasteiger partial charge in [-0.1, -0.05) is 109 Å². The average Bonchev–Trinajstić information content (AvgIpc) is 3.03. The normalized spacial score (nSPS) is 13.3. The van der Waals surface area contributed by atoms with Crippen molar-refractivity contribution in [2.45, 2.75) is 56.0 Å². The number of benzene rings is 7. The van der Waals surface area contributed by atoms with E-state index in [1.165, 1.54) is 27.6 Å². The molecular formula is C54H30BF24N. The Morgan fingerprint density at radius 2 is 0.562 bits per heavy atom. The molecule has 0 fully saturated rings. The first kappa shape index (κ1) is 60.0. The summed E-state index contributed by atoms with van der Waals surface area (Å²) in [5, 5.41) is 2.56. The van der Waals surface area contributed by atoms with Crippen LogP contribution in [0.3, 0.4) is 0 Å². The van der Waals surface area contributed by atoms with Crippen LogP contribution in [-0.2, 0) is 56.0 Å². The molecule has 26 heteroatoms. The maximum atomic E-state index is 14.2. The first-order chi connectivity index (χ1) is 36.7. The second-order valence-corrected chi connectivity index (χ2v) is 18.0. The van der Waals surface area contributed by atoms with E-state index in [9.17, 15) is 105 Å². The topological polar surface area (TPSA) is 3.88 Å². The van der Waals surface area contributed by atoms with Gasteiger partial charge in [-0.15, -0.1) is 0 Å². The van der Waals surface area contributed by atoms with Crippen molar-refractivity contribution >= 4 is 38.8 Å². The Balaban J connectivity index is 0.000000329. The Kier molecular flexibility index (Phi) is 15.8. The van der Waals surface area contributed by atoms with Crippen molar-refractivity contribution in [3.8, 4) is 11.3 Å². The maximum absolute atomic E-state index is 14.2. The van der Waals surface area contributed by atoms with E-state index in [2.05, 4.69) is 102 Å². The van der Waals surface area contributed by atoms with Gasteiger partial charge in [0.15, 0.2) is 12.7 Å². The minimum atomic E-state index is -6.13. The van der Waals surface area contributed by atoms with Gasteiger partial charge in [-0.2, -0.15) is 132 Å². The SMILES string of the molecule is FC(F)(F)c1cc([B-](c2cc(C(F)(F)F)cc(C(F)(F)F)c2)(c2cc(C(F)(F)F)cc(C(F)(F)F)c2)c2cc(C(F)(F)F)cc(C(F)(F)F)c2)cc(C(F)(F)F)c1.c1ccc(C[n+]2ccccc2-c2ccc3ccccc3c2)cc1. The number of halogens is 24. The molecule has 0 bridgehead atoms. The third-order valence-corrected chi connectivity index (χ3v) is 12.6. The van der Waals surface area contributed by atoms with E-state index in [4.69, 9.17) is 0 Å². The molecule has 0 saturated heterocycles. The molecule has 8 aromatic rings. The van der Waals surface area contributed by atoms with Crippen LogP contribution in [0.1, 0.15) is 50.1 Å². The summed E-state index contributed by atoms with van der Waals surface area (Å²) in [5.74, 6) is 0. The fourth-order valence-corrected chi connectivity index (χ4v) is 9.08. The van der Waals surface area contributed by atoms with Gasteiger partial charge < -0.3 is 0 Å². The highest BCUT2D eigenvalue weighted by Crippen LogP contribution is 2.41. The van der Waals surface area contributed by atoms with Crippen molar-refractivity contribution in [1.82, 2.24) is 0 Å². The lowest BCUT2D eigenvalue weighted by Crippen LogP contribution is -2.75. The highest BCUT2D eigenvalue weighted by atomic mass is 19.4. The Morgan fingerprint density at radius 1 is 0.275 bits per heavy atom. The number of pyridine rings is 1. The predicted molar refractivity (Wildman–Crippen MR) is 245 cm³/mol. The van der Waals surface area contributed by atoms with Gasteiger partial charge in [-0.3, -0.25) is 0 Å². The first-order valence-corrected chi connectivity index (χ1v) is 22.5. The summed E-state index contributed by atoms with van der Waals surface area (Å²) in [6.45, 7) is 0.879. The first-order valence-electron chi connectivity index (χ1n) is 22.5. The summed E-state index contributed by atoms with van der Waals surface area (Å²) in [7, 11) is 0. The third kappa shape index (κ3) is 13.3. The molecule has 0 aliphatic carbocycles. The fourth-order valence-electron chi connectivity index (χ4n) is 9.08. The van der Waals surface area contributed by atoms with Crippen LogP contribution in [0.15, 0.2) is 170 Å². The zero-order valence-electron chi connectivity index (χ0n) is 39.5. The van der Waals surface area contributed by atoms with Gasteiger partial charge in [0.1, 0.15) is 6.15 Å². The van der Waals surface area contributed by atoms with Crippen LogP contribution in [0.2, 0.25) is 0 Å². The highest BCUT2D eigenvalue weighted by Gasteiger charge is 2.47. The Bertz CT molecular complexity index is 3090. The Labute approximate surface area is 435 Å². The molecule has 422 valence electrons. The molecule has 0 unspecified atom stereocenters. The van der Waals surface area contributed by atoms with Crippen molar-refractivity contribution in [3.05, 3.63) is 220 Å². The van der Waals surface area contributed by atoms with Crippen molar-refractivity contribution in [1.29, 1.82) is 0 Å². The molecule has 1 heterocycles. The number of hydrogen-bond acceptors (Lipinski definition) is 0. The molecule has 8 rings (SSSR count). The van der Waals surface area contributed by atoms with E-state index >= 15 is 0 Å². The molecule has 0 amide bonds. The largest absolute Gasteiger partial charge is 0.416 e. The standard InChI is InChI=1S/C32H12BF24.C22H18N/c34-25(35,36)13-1-14(26(37,38)39)6-21(5-13)33(22-7-15(27(40,41)42)2-16(8-22)28(43,44)45,23-9-17(29(46,47)48)3-18(10-23)30(49,50)51)24-11-19(31(52,53)54)4-20(12-24)32(55,56)57;1-2-8-18(9-3-1)17-23-15-7-6-12-22(23)21-14-13-19-10-4-5-11-20(19)16-21/h1-12H;1-16H,17H2/q-1;+1. The number of nitrogens with zero attached hydrogens (tertiary/aromatic N) is 1. The summed E-state index contributed by atoms with van der Waals surface area (Å²) in [4.78, 5) is 0. The Hall–Kier alpha value is -7.67. The number of aromatic nitrogens is 1. The van der Waals surface area contributed by atoms with Crippen LogP contribution < -0.4 is 26.4 Å². The van der Waals surface area contributed by atoms with Gasteiger partial charge in [0.05, 0.1) is 44.5 Å². The fraction of sp³-hybridized carbons (Fsp3) is 0.167. The van der Waals surface area contributed by atoms with Crippen LogP contribution in [0.4, 0.5) is 105 Å². The molecule has 0 saturated carbocycles. The van der Waals surface area contributed by atoms with Crippen molar-refractivity contribution in [2.24, 2.45) is 0 Å². The molecule has 0 aliphatic heterocycles. The van der Waals surface area contributed by atoms with E-state index in [1.807, 2.05) is 0 Å². The van der Waals surface area contributed by atoms with Gasteiger partial charge in [-0.05, 0) is 53.2 Å². The summed E-state index contributed by atoms with van der Waals surface area (Å²) >= 11 is 0. The van der Waals surface area contributed by atoms with Crippen LogP contribution in [0.25, 0.3) is 22.0 Å². The molecule has 0 N–H and O–H groups in total. The minimum absolute atomic E-state index is 0.691. The zero-order valence-corrected chi connectivity index (χ0v) is 39.5. The van der Waals surface area contributed by atoms with E-state index in [0.717, 1.165) is 6.54 Å². The number of rotatable bonds is 7. The predicted octanol–water partition coefficient (Wildman–Crippen LogP) is 16.1. The summed E-state index contributed by atoms with van der Waals surface area (Å²) in [6.07, 6.45) is -52.7. The molecule has 0 aliphatic rings. The van der Waals surface area contributed by atoms with Crippen molar-refractivity contribution in [2.75, 3.05) is 0 Å². The van der Waals surface area contributed by atoms with E-state index in [0.29, 0.717) is 0 Å². The lowest BCUT2D eigenvalue weighted by atomic mass is 9.12. The van der Waals surface area contributed by atoms with Crippen LogP contribution in [-0.4, -0.2) is 6.15 Å². The van der Waals surface area contributed by atoms with Gasteiger partial charge in [0.2, 0.25) is 5.69 Å². The molecule has 0 atom stereocenters. The van der Waals surface area contributed by atoms with Gasteiger partial charge in [0.25, 0.3) is 0 Å². The highest BCUT2D eigenvalue weighted by molar-refractivity contribution is 7.20. The maximum Gasteiger partial charge on any atom is 0.416 e. The molecule has 0 spiro atoms. The third-order valence-electron chi connectivity index (χ3n) is 12.6. The van der Waals surface area contributed by atoms with E-state index < -0.39 is 195 Å². The second-order valence-electron chi connectivity index (χ2n) is 18.0. The number of fused-ring (bicyclic) bond motifs is 1. The Morgan fingerprint density at radius 3 is 0.875 bits per heavy atom. The lowest BCUT2D eigenvalue weighted by Gasteiger charge is -2.46. The molecule has 1 nitrogen and oxygen atoms in total. The zero-order chi connectivity index (χ0) is 59.4. The quantitative estimate of drug-likeness (QED) is 0.0851.